The van der Waals surface area contributed by atoms with Crippen molar-refractivity contribution < 1.29 is 22.8 Å². The van der Waals surface area contributed by atoms with Gasteiger partial charge in [-0.2, -0.15) is 0 Å². The number of amides is 4. The van der Waals surface area contributed by atoms with Crippen molar-refractivity contribution in [1.29, 1.82) is 0 Å². The number of urea groups is 1. The Bertz CT molecular complexity index is 663. The highest BCUT2D eigenvalue weighted by Crippen LogP contribution is 2.24. The van der Waals surface area contributed by atoms with E-state index in [1.807, 2.05) is 0 Å². The maximum atomic E-state index is 12.6. The molecule has 2 atom stereocenters. The van der Waals surface area contributed by atoms with E-state index in [2.05, 4.69) is 17.6 Å². The van der Waals surface area contributed by atoms with Crippen LogP contribution in [0.5, 0.6) is 0 Å². The number of unbranched alkanes of at least 4 members (excludes halogenated alkanes) is 4. The quantitative estimate of drug-likeness (QED) is 0.452. The number of rotatable bonds is 9. The average molecular weight is 388 g/mol. The van der Waals surface area contributed by atoms with Crippen molar-refractivity contribution in [3.05, 3.63) is 0 Å². The van der Waals surface area contributed by atoms with Crippen LogP contribution in [-0.2, 0) is 19.4 Å². The number of carbonyl (C=O) groups excluding carboxylic acids is 3. The monoisotopic (exact) mass is 387 g/mol. The normalized spacial score (nSPS) is 27.6. The number of hydrogen-bond acceptors (Lipinski definition) is 5. The maximum Gasteiger partial charge on any atom is 0.325 e. The largest absolute Gasteiger partial charge is 0.351 e. The summed E-state index contributed by atoms with van der Waals surface area (Å²) in [5, 5.41) is 5.30. The highest BCUT2D eigenvalue weighted by molar-refractivity contribution is 7.91. The summed E-state index contributed by atoms with van der Waals surface area (Å²) in [6, 6.07) is -1.02. The molecule has 9 heteroatoms. The van der Waals surface area contributed by atoms with Gasteiger partial charge in [0, 0.05) is 6.04 Å². The third-order valence-corrected chi connectivity index (χ3v) is 6.79. The number of hydrogen-bond donors (Lipinski definition) is 2. The Morgan fingerprint density at radius 3 is 2.58 bits per heavy atom. The van der Waals surface area contributed by atoms with Gasteiger partial charge in [0.1, 0.15) is 12.1 Å². The second-order valence-electron chi connectivity index (χ2n) is 7.49. The third-order valence-electron chi connectivity index (χ3n) is 5.02. The molecule has 2 N–H and O–H groups in total. The van der Waals surface area contributed by atoms with Crippen molar-refractivity contribution >= 4 is 27.7 Å². The highest BCUT2D eigenvalue weighted by atomic mass is 32.2. The summed E-state index contributed by atoms with van der Waals surface area (Å²) in [5.74, 6) is -0.944. The average Bonchev–Trinajstić information content (AvgIpc) is 2.99. The molecule has 2 heterocycles. The third kappa shape index (κ3) is 5.18. The van der Waals surface area contributed by atoms with Crippen LogP contribution in [0, 0.1) is 0 Å². The van der Waals surface area contributed by atoms with Crippen LogP contribution in [-0.4, -0.2) is 60.8 Å². The van der Waals surface area contributed by atoms with Gasteiger partial charge in [0.05, 0.1) is 11.5 Å². The van der Waals surface area contributed by atoms with E-state index in [1.54, 1.807) is 6.92 Å². The zero-order valence-corrected chi connectivity index (χ0v) is 16.4. The van der Waals surface area contributed by atoms with E-state index in [4.69, 9.17) is 0 Å². The van der Waals surface area contributed by atoms with E-state index in [0.717, 1.165) is 37.0 Å². The lowest BCUT2D eigenvalue weighted by Gasteiger charge is -2.21. The minimum Gasteiger partial charge on any atom is -0.351 e. The fraction of sp³-hybridized carbons (Fsp3) is 0.824. The van der Waals surface area contributed by atoms with Gasteiger partial charge in [-0.05, 0) is 19.8 Å². The Balaban J connectivity index is 1.84. The molecular weight excluding hydrogens is 358 g/mol. The maximum absolute atomic E-state index is 12.6. The minimum atomic E-state index is -3.10. The Kier molecular flexibility index (Phi) is 6.65. The van der Waals surface area contributed by atoms with Crippen molar-refractivity contribution in [3.63, 3.8) is 0 Å². The molecule has 4 amide bonds. The topological polar surface area (TPSA) is 113 Å². The van der Waals surface area contributed by atoms with Crippen molar-refractivity contribution in [2.45, 2.75) is 70.4 Å². The zero-order chi connectivity index (χ0) is 19.4. The molecule has 26 heavy (non-hydrogen) atoms. The van der Waals surface area contributed by atoms with Crippen LogP contribution < -0.4 is 10.6 Å². The van der Waals surface area contributed by atoms with Crippen molar-refractivity contribution in [2.24, 2.45) is 0 Å². The summed E-state index contributed by atoms with van der Waals surface area (Å²) in [6.07, 6.45) is 6.14. The van der Waals surface area contributed by atoms with Gasteiger partial charge in [-0.3, -0.25) is 14.5 Å². The number of carbonyl (C=O) groups is 3. The summed E-state index contributed by atoms with van der Waals surface area (Å²) in [4.78, 5) is 37.8. The molecule has 0 bridgehead atoms. The van der Waals surface area contributed by atoms with Crippen LogP contribution in [0.15, 0.2) is 0 Å². The van der Waals surface area contributed by atoms with Crippen LogP contribution >= 0.6 is 0 Å². The summed E-state index contributed by atoms with van der Waals surface area (Å²) < 4.78 is 22.9. The van der Waals surface area contributed by atoms with Crippen molar-refractivity contribution in [3.8, 4) is 0 Å². The van der Waals surface area contributed by atoms with E-state index in [9.17, 15) is 22.8 Å². The first-order valence-electron chi connectivity index (χ1n) is 9.31. The molecule has 0 radical (unpaired) electrons. The molecular formula is C17H29N3O5S. The van der Waals surface area contributed by atoms with Gasteiger partial charge < -0.3 is 10.6 Å². The van der Waals surface area contributed by atoms with Crippen LogP contribution in [0.1, 0.15) is 58.8 Å². The summed E-state index contributed by atoms with van der Waals surface area (Å²) >= 11 is 0. The molecule has 0 aromatic carbocycles. The second-order valence-corrected chi connectivity index (χ2v) is 9.71. The van der Waals surface area contributed by atoms with Gasteiger partial charge in [-0.1, -0.05) is 39.0 Å². The van der Waals surface area contributed by atoms with Gasteiger partial charge in [-0.15, -0.1) is 0 Å². The van der Waals surface area contributed by atoms with E-state index >= 15 is 0 Å². The number of imide groups is 1. The summed E-state index contributed by atoms with van der Waals surface area (Å²) in [5.41, 5.74) is -0.972. The molecule has 2 unspecified atom stereocenters. The van der Waals surface area contributed by atoms with Crippen molar-refractivity contribution in [2.75, 3.05) is 18.1 Å². The zero-order valence-electron chi connectivity index (χ0n) is 15.5. The van der Waals surface area contributed by atoms with Gasteiger partial charge >= 0.3 is 6.03 Å². The van der Waals surface area contributed by atoms with Gasteiger partial charge in [0.15, 0.2) is 9.84 Å². The fourth-order valence-corrected chi connectivity index (χ4v) is 5.14. The second kappa shape index (κ2) is 8.37. The van der Waals surface area contributed by atoms with Gasteiger partial charge in [-0.25, -0.2) is 13.2 Å². The van der Waals surface area contributed by atoms with Gasteiger partial charge in [0.25, 0.3) is 5.91 Å². The Morgan fingerprint density at radius 1 is 1.27 bits per heavy atom. The van der Waals surface area contributed by atoms with E-state index in [0.29, 0.717) is 12.8 Å². The standard InChI is InChI=1S/C17H29N3O5S/c1-3-4-5-6-7-9-17(2)15(22)20(16(23)19-17)11-14(21)18-13-8-10-26(24,25)12-13/h13H,3-12H2,1-2H3,(H,18,21)(H,19,23). The first kappa shape index (κ1) is 20.7. The molecule has 0 aliphatic carbocycles. The predicted molar refractivity (Wildman–Crippen MR) is 97.2 cm³/mol. The highest BCUT2D eigenvalue weighted by Gasteiger charge is 2.47. The van der Waals surface area contributed by atoms with E-state index in [1.165, 1.54) is 0 Å². The van der Waals surface area contributed by atoms with E-state index < -0.39 is 39.3 Å². The lowest BCUT2D eigenvalue weighted by atomic mass is 9.94. The molecule has 0 saturated carbocycles. The molecule has 0 aromatic rings. The lowest BCUT2D eigenvalue weighted by molar-refractivity contribution is -0.134. The minimum absolute atomic E-state index is 0.0528. The Labute approximate surface area is 155 Å². The first-order valence-corrected chi connectivity index (χ1v) is 11.1. The summed E-state index contributed by atoms with van der Waals surface area (Å²) in [7, 11) is -3.10. The Hall–Kier alpha value is -1.64. The first-order chi connectivity index (χ1) is 12.2. The number of sulfone groups is 1. The van der Waals surface area contributed by atoms with Gasteiger partial charge in [0.2, 0.25) is 5.91 Å². The molecule has 2 aliphatic heterocycles. The SMILES string of the molecule is CCCCCCCC1(C)NC(=O)N(CC(=O)NC2CCS(=O)(=O)C2)C1=O. The number of nitrogens with one attached hydrogen (secondary N) is 2. The molecule has 2 rings (SSSR count). The van der Waals surface area contributed by atoms with Crippen molar-refractivity contribution in [1.82, 2.24) is 15.5 Å². The summed E-state index contributed by atoms with van der Waals surface area (Å²) in [6.45, 7) is 3.44. The van der Waals surface area contributed by atoms with Crippen LogP contribution in [0.25, 0.3) is 0 Å². The number of nitrogens with zero attached hydrogens (tertiary/aromatic N) is 1. The smallest absolute Gasteiger partial charge is 0.325 e. The van der Waals surface area contributed by atoms with Crippen LogP contribution in [0.3, 0.4) is 0 Å². The fourth-order valence-electron chi connectivity index (χ4n) is 3.47. The molecule has 2 aliphatic rings. The molecule has 0 aromatic heterocycles. The molecule has 2 saturated heterocycles. The Morgan fingerprint density at radius 2 is 1.96 bits per heavy atom. The van der Waals surface area contributed by atoms with E-state index in [-0.39, 0.29) is 18.1 Å². The molecule has 2 fully saturated rings. The lowest BCUT2D eigenvalue weighted by Crippen LogP contribution is -2.46. The molecule has 148 valence electrons. The molecule has 0 spiro atoms. The predicted octanol–water partition coefficient (Wildman–Crippen LogP) is 0.961. The molecule has 8 nitrogen and oxygen atoms in total. The van der Waals surface area contributed by atoms with Crippen LogP contribution in [0.4, 0.5) is 4.79 Å². The van der Waals surface area contributed by atoms with Crippen LogP contribution in [0.2, 0.25) is 0 Å².